The third-order valence-corrected chi connectivity index (χ3v) is 4.40. The predicted molar refractivity (Wildman–Crippen MR) is 94.7 cm³/mol. The van der Waals surface area contributed by atoms with Gasteiger partial charge in [-0.2, -0.15) is 4.57 Å². The summed E-state index contributed by atoms with van der Waals surface area (Å²) in [5.74, 6) is -1.70. The molecule has 0 bridgehead atoms. The van der Waals surface area contributed by atoms with Crippen LogP contribution in [0.4, 0.5) is 8.78 Å². The summed E-state index contributed by atoms with van der Waals surface area (Å²) in [6.45, 7) is 0.373. The third kappa shape index (κ3) is 4.00. The van der Waals surface area contributed by atoms with Crippen LogP contribution in [0.25, 0.3) is 11.3 Å². The van der Waals surface area contributed by atoms with E-state index >= 15 is 0 Å². The van der Waals surface area contributed by atoms with E-state index in [2.05, 4.69) is 0 Å². The fourth-order valence-electron chi connectivity index (χ4n) is 3.10. The summed E-state index contributed by atoms with van der Waals surface area (Å²) in [5.41, 5.74) is 1.91. The lowest BCUT2D eigenvalue weighted by atomic mass is 9.99. The molecule has 1 aromatic carbocycles. The van der Waals surface area contributed by atoms with Gasteiger partial charge in [-0.15, -0.1) is 0 Å². The number of rotatable bonds is 5. The van der Waals surface area contributed by atoms with Crippen molar-refractivity contribution in [3.05, 3.63) is 83.8 Å². The molecular formula is C21H20F2N2O2+2. The van der Waals surface area contributed by atoms with E-state index in [0.717, 1.165) is 6.07 Å². The van der Waals surface area contributed by atoms with Gasteiger partial charge in [0.15, 0.2) is 18.9 Å². The van der Waals surface area contributed by atoms with Gasteiger partial charge >= 0.3 is 5.97 Å². The van der Waals surface area contributed by atoms with Crippen molar-refractivity contribution in [2.45, 2.75) is 13.0 Å². The fourth-order valence-corrected chi connectivity index (χ4v) is 3.10. The average Bonchev–Trinajstić information content (AvgIpc) is 2.66. The number of hydrogen-bond acceptors (Lipinski definition) is 2. The van der Waals surface area contributed by atoms with Gasteiger partial charge in [0, 0.05) is 36.8 Å². The molecule has 0 aliphatic carbocycles. The van der Waals surface area contributed by atoms with Crippen LogP contribution in [-0.4, -0.2) is 13.1 Å². The molecule has 0 atom stereocenters. The van der Waals surface area contributed by atoms with Crippen LogP contribution in [0.2, 0.25) is 0 Å². The Balaban J connectivity index is 2.00. The number of halogens is 2. The molecule has 6 heteroatoms. The number of carbonyl (C=O) groups is 1. The molecule has 3 aromatic rings. The molecule has 27 heavy (non-hydrogen) atoms. The van der Waals surface area contributed by atoms with E-state index in [9.17, 15) is 13.6 Å². The second-order valence-electron chi connectivity index (χ2n) is 6.14. The number of hydrogen-bond donors (Lipinski definition) is 0. The van der Waals surface area contributed by atoms with E-state index in [1.807, 2.05) is 25.4 Å². The first kappa shape index (κ1) is 18.6. The molecule has 2 heterocycles. The molecule has 4 nitrogen and oxygen atoms in total. The van der Waals surface area contributed by atoms with Gasteiger partial charge in [0.1, 0.15) is 18.7 Å². The normalized spacial score (nSPS) is 10.7. The van der Waals surface area contributed by atoms with Crippen molar-refractivity contribution in [1.29, 1.82) is 0 Å². The number of ether oxygens (including phenoxy) is 1. The number of aryl methyl sites for hydroxylation is 3. The zero-order chi connectivity index (χ0) is 19.4. The Hall–Kier alpha value is -3.15. The van der Waals surface area contributed by atoms with Crippen molar-refractivity contribution in [1.82, 2.24) is 0 Å². The average molecular weight is 370 g/mol. The lowest BCUT2D eigenvalue weighted by Gasteiger charge is -2.09. The minimum atomic E-state index is -0.629. The molecule has 0 amide bonds. The van der Waals surface area contributed by atoms with Crippen LogP contribution in [0, 0.1) is 11.6 Å². The molecule has 0 saturated carbocycles. The van der Waals surface area contributed by atoms with Crippen molar-refractivity contribution < 1.29 is 27.4 Å². The highest BCUT2D eigenvalue weighted by atomic mass is 19.1. The monoisotopic (exact) mass is 370 g/mol. The van der Waals surface area contributed by atoms with E-state index in [0.29, 0.717) is 35.5 Å². The number of aromatic nitrogens is 2. The van der Waals surface area contributed by atoms with Crippen molar-refractivity contribution in [2.24, 2.45) is 7.05 Å². The Morgan fingerprint density at radius 2 is 1.81 bits per heavy atom. The summed E-state index contributed by atoms with van der Waals surface area (Å²) in [4.78, 5) is 11.9. The van der Waals surface area contributed by atoms with E-state index < -0.39 is 17.6 Å². The molecule has 138 valence electrons. The molecular weight excluding hydrogens is 350 g/mol. The summed E-state index contributed by atoms with van der Waals surface area (Å²) in [6.07, 6.45) is 3.89. The minimum absolute atomic E-state index is 0.345. The van der Waals surface area contributed by atoms with Gasteiger partial charge in [-0.25, -0.2) is 18.1 Å². The topological polar surface area (TPSA) is 34.1 Å². The van der Waals surface area contributed by atoms with Crippen LogP contribution in [0.3, 0.4) is 0 Å². The molecule has 0 aliphatic heterocycles. The zero-order valence-electron chi connectivity index (χ0n) is 15.2. The van der Waals surface area contributed by atoms with Gasteiger partial charge in [0.05, 0.1) is 12.7 Å². The number of pyridine rings is 2. The first-order valence-corrected chi connectivity index (χ1v) is 8.51. The lowest BCUT2D eigenvalue weighted by Crippen LogP contribution is -2.41. The predicted octanol–water partition coefficient (Wildman–Crippen LogP) is 2.77. The van der Waals surface area contributed by atoms with Crippen LogP contribution in [-0.2, 0) is 24.8 Å². The Bertz CT molecular complexity index is 990. The molecule has 0 unspecified atom stereocenters. The van der Waals surface area contributed by atoms with Crippen LogP contribution in [0.1, 0.15) is 16.1 Å². The molecule has 0 fully saturated rings. The minimum Gasteiger partial charge on any atom is -0.461 e. The van der Waals surface area contributed by atoms with Gasteiger partial charge in [-0.3, -0.25) is 0 Å². The SMILES string of the molecule is COC(=O)c1cccc[n+]1CCc1cc(F)cc(F)c1-c1cccc[n+]1C. The van der Waals surface area contributed by atoms with Crippen molar-refractivity contribution in [3.63, 3.8) is 0 Å². The van der Waals surface area contributed by atoms with Crippen LogP contribution in [0.15, 0.2) is 60.9 Å². The number of esters is 1. The summed E-state index contributed by atoms with van der Waals surface area (Å²) < 4.78 is 36.8. The second kappa shape index (κ2) is 8.03. The van der Waals surface area contributed by atoms with E-state index in [-0.39, 0.29) is 0 Å². The molecule has 2 aromatic heterocycles. The van der Waals surface area contributed by atoms with Gasteiger partial charge in [0.2, 0.25) is 5.69 Å². The summed E-state index contributed by atoms with van der Waals surface area (Å²) in [6, 6.07) is 12.8. The van der Waals surface area contributed by atoms with E-state index in [1.54, 1.807) is 39.6 Å². The Morgan fingerprint density at radius 3 is 2.56 bits per heavy atom. The van der Waals surface area contributed by atoms with Gasteiger partial charge in [0.25, 0.3) is 5.69 Å². The Kier molecular flexibility index (Phi) is 5.54. The summed E-state index contributed by atoms with van der Waals surface area (Å²) in [7, 11) is 3.12. The highest BCUT2D eigenvalue weighted by Crippen LogP contribution is 2.26. The largest absolute Gasteiger partial charge is 0.461 e. The number of nitrogens with zero attached hydrogens (tertiary/aromatic N) is 2. The highest BCUT2D eigenvalue weighted by Gasteiger charge is 2.23. The lowest BCUT2D eigenvalue weighted by molar-refractivity contribution is -0.698. The summed E-state index contributed by atoms with van der Waals surface area (Å²) >= 11 is 0. The number of benzene rings is 1. The maximum Gasteiger partial charge on any atom is 0.403 e. The Labute approximate surface area is 156 Å². The molecule has 0 N–H and O–H groups in total. The molecule has 0 spiro atoms. The zero-order valence-corrected chi connectivity index (χ0v) is 15.2. The molecule has 0 aliphatic rings. The van der Waals surface area contributed by atoms with Crippen LogP contribution in [0.5, 0.6) is 0 Å². The molecule has 0 radical (unpaired) electrons. The van der Waals surface area contributed by atoms with Gasteiger partial charge in [-0.1, -0.05) is 0 Å². The first-order valence-electron chi connectivity index (χ1n) is 8.51. The summed E-state index contributed by atoms with van der Waals surface area (Å²) in [5, 5.41) is 0. The third-order valence-electron chi connectivity index (χ3n) is 4.40. The van der Waals surface area contributed by atoms with Crippen molar-refractivity contribution in [2.75, 3.05) is 7.11 Å². The van der Waals surface area contributed by atoms with E-state index in [1.165, 1.54) is 13.2 Å². The number of carbonyl (C=O) groups excluding carboxylic acids is 1. The maximum atomic E-state index is 14.6. The quantitative estimate of drug-likeness (QED) is 0.511. The molecule has 0 saturated heterocycles. The Morgan fingerprint density at radius 1 is 1.07 bits per heavy atom. The van der Waals surface area contributed by atoms with E-state index in [4.69, 9.17) is 4.74 Å². The fraction of sp³-hybridized carbons (Fsp3) is 0.190. The van der Waals surface area contributed by atoms with Crippen LogP contribution < -0.4 is 9.13 Å². The standard InChI is InChI=1S/C21H20F2N2O2/c1-24-10-5-3-7-18(24)20-15(13-16(22)14-17(20)23)9-12-25-11-6-4-8-19(25)21(26)27-2/h3-8,10-11,13-14H,9,12H2,1-2H3/q+2. The number of methoxy groups -OCH3 is 1. The first-order chi connectivity index (χ1) is 13.0. The van der Waals surface area contributed by atoms with Crippen molar-refractivity contribution in [3.8, 4) is 11.3 Å². The maximum absolute atomic E-state index is 14.6. The molecule has 3 rings (SSSR count). The van der Waals surface area contributed by atoms with Crippen LogP contribution >= 0.6 is 0 Å². The second-order valence-corrected chi connectivity index (χ2v) is 6.14. The smallest absolute Gasteiger partial charge is 0.403 e. The highest BCUT2D eigenvalue weighted by molar-refractivity contribution is 5.85. The van der Waals surface area contributed by atoms with Crippen molar-refractivity contribution >= 4 is 5.97 Å². The van der Waals surface area contributed by atoms with Gasteiger partial charge in [-0.05, 0) is 23.8 Å². The van der Waals surface area contributed by atoms with Gasteiger partial charge < -0.3 is 4.74 Å².